The number of unbranched alkanes of at least 4 members (excludes halogenated alkanes) is 10. The van der Waals surface area contributed by atoms with E-state index in [9.17, 15) is 5.11 Å². The summed E-state index contributed by atoms with van der Waals surface area (Å²) in [5.41, 5.74) is 0. The van der Waals surface area contributed by atoms with Crippen LogP contribution in [0.2, 0.25) is 0 Å². The first-order chi connectivity index (χ1) is 9.81. The second-order valence-corrected chi connectivity index (χ2v) is 5.88. The van der Waals surface area contributed by atoms with Gasteiger partial charge in [0.15, 0.2) is 0 Å². The summed E-state index contributed by atoms with van der Waals surface area (Å²) in [6, 6.07) is 0. The van der Waals surface area contributed by atoms with Gasteiger partial charge >= 0.3 is 0 Å². The molecule has 0 fully saturated rings. The van der Waals surface area contributed by atoms with E-state index >= 15 is 0 Å². The lowest BCUT2D eigenvalue weighted by Crippen LogP contribution is -2.08. The molecule has 0 aliphatic carbocycles. The molecule has 2 heteroatoms. The Kier molecular flexibility index (Phi) is 15.9. The van der Waals surface area contributed by atoms with E-state index in [0.29, 0.717) is 5.76 Å². The maximum atomic E-state index is 9.72. The van der Waals surface area contributed by atoms with Crippen LogP contribution in [0, 0.1) is 0 Å². The van der Waals surface area contributed by atoms with Gasteiger partial charge in [-0.15, -0.1) is 0 Å². The summed E-state index contributed by atoms with van der Waals surface area (Å²) in [6.45, 7) is 5.48. The van der Waals surface area contributed by atoms with Crippen LogP contribution in [-0.4, -0.2) is 11.7 Å². The summed E-state index contributed by atoms with van der Waals surface area (Å²) in [5.74, 6) is 0.520. The number of aliphatic hydroxyl groups excluding tert-OH is 1. The molecule has 2 nitrogen and oxygen atoms in total. The normalized spacial score (nSPS) is 11.8. The maximum absolute atomic E-state index is 9.72. The summed E-state index contributed by atoms with van der Waals surface area (Å²) < 4.78 is 0. The van der Waals surface area contributed by atoms with E-state index in [1.54, 1.807) is 6.20 Å². The molecule has 120 valence electrons. The van der Waals surface area contributed by atoms with Gasteiger partial charge in [0.05, 0.1) is 0 Å². The zero-order valence-electron chi connectivity index (χ0n) is 13.9. The van der Waals surface area contributed by atoms with E-state index in [0.717, 1.165) is 19.4 Å². The van der Waals surface area contributed by atoms with Gasteiger partial charge in [-0.25, -0.2) is 0 Å². The van der Waals surface area contributed by atoms with Crippen LogP contribution in [0.4, 0.5) is 0 Å². The number of rotatable bonds is 15. The molecular weight excluding hydrogens is 246 g/mol. The molecule has 20 heavy (non-hydrogen) atoms. The molecule has 0 bridgehead atoms. The van der Waals surface area contributed by atoms with Gasteiger partial charge in [-0.3, -0.25) is 0 Å². The van der Waals surface area contributed by atoms with E-state index in [4.69, 9.17) is 0 Å². The first kappa shape index (κ1) is 19.3. The molecule has 0 radical (unpaired) electrons. The van der Waals surface area contributed by atoms with Crippen molar-refractivity contribution in [3.05, 3.63) is 12.0 Å². The second-order valence-electron chi connectivity index (χ2n) is 5.88. The highest BCUT2D eigenvalue weighted by molar-refractivity contribution is 4.88. The van der Waals surface area contributed by atoms with Crippen LogP contribution in [-0.2, 0) is 0 Å². The van der Waals surface area contributed by atoms with Crippen LogP contribution >= 0.6 is 0 Å². The highest BCUT2D eigenvalue weighted by Crippen LogP contribution is 2.09. The molecule has 0 saturated carbocycles. The van der Waals surface area contributed by atoms with Crippen molar-refractivity contribution in [2.75, 3.05) is 6.54 Å². The molecule has 0 spiro atoms. The SMILES string of the molecule is CCCCCCCCNC=C(O)CCCCCCCC. The Morgan fingerprint density at radius 3 is 1.85 bits per heavy atom. The third-order valence-corrected chi connectivity index (χ3v) is 3.73. The number of hydrogen-bond acceptors (Lipinski definition) is 2. The molecule has 0 aromatic heterocycles. The largest absolute Gasteiger partial charge is 0.511 e. The van der Waals surface area contributed by atoms with Gasteiger partial charge < -0.3 is 10.4 Å². The molecule has 0 heterocycles. The Balaban J connectivity index is 3.25. The van der Waals surface area contributed by atoms with Crippen LogP contribution in [0.15, 0.2) is 12.0 Å². The zero-order valence-corrected chi connectivity index (χ0v) is 13.9. The molecule has 0 rings (SSSR count). The Labute approximate surface area is 127 Å². The van der Waals surface area contributed by atoms with Crippen molar-refractivity contribution in [2.45, 2.75) is 97.3 Å². The second kappa shape index (κ2) is 16.4. The van der Waals surface area contributed by atoms with E-state index in [1.807, 2.05) is 0 Å². The standard InChI is InChI=1S/C18H37NO/c1-3-5-7-9-11-13-15-18(20)17-19-16-14-12-10-8-6-4-2/h17,19-20H,3-16H2,1-2H3. The molecule has 0 aromatic carbocycles. The van der Waals surface area contributed by atoms with Crippen molar-refractivity contribution < 1.29 is 5.11 Å². The summed E-state index contributed by atoms with van der Waals surface area (Å²) >= 11 is 0. The Bertz CT molecular complexity index is 213. The average Bonchev–Trinajstić information content (AvgIpc) is 2.45. The number of nitrogens with one attached hydrogen (secondary N) is 1. The fourth-order valence-electron chi connectivity index (χ4n) is 2.36. The maximum Gasteiger partial charge on any atom is 0.108 e. The van der Waals surface area contributed by atoms with E-state index in [2.05, 4.69) is 19.2 Å². The minimum atomic E-state index is 0.520. The number of allylic oxidation sites excluding steroid dienone is 1. The highest BCUT2D eigenvalue weighted by atomic mass is 16.3. The van der Waals surface area contributed by atoms with E-state index in [-0.39, 0.29) is 0 Å². The Hall–Kier alpha value is -0.660. The van der Waals surface area contributed by atoms with Crippen LogP contribution < -0.4 is 5.32 Å². The predicted molar refractivity (Wildman–Crippen MR) is 90.1 cm³/mol. The lowest BCUT2D eigenvalue weighted by molar-refractivity contribution is 0.375. The van der Waals surface area contributed by atoms with Crippen LogP contribution in [0.1, 0.15) is 97.3 Å². The summed E-state index contributed by atoms with van der Waals surface area (Å²) in [5, 5.41) is 12.9. The molecular formula is C18H37NO. The average molecular weight is 284 g/mol. The fourth-order valence-corrected chi connectivity index (χ4v) is 2.36. The first-order valence-electron chi connectivity index (χ1n) is 8.92. The van der Waals surface area contributed by atoms with Gasteiger partial charge in [0.1, 0.15) is 5.76 Å². The third kappa shape index (κ3) is 15.4. The van der Waals surface area contributed by atoms with Crippen molar-refractivity contribution >= 4 is 0 Å². The van der Waals surface area contributed by atoms with E-state index in [1.165, 1.54) is 70.6 Å². The fraction of sp³-hybridized carbons (Fsp3) is 0.889. The monoisotopic (exact) mass is 283 g/mol. The zero-order chi connectivity index (χ0) is 14.9. The highest BCUT2D eigenvalue weighted by Gasteiger charge is 1.95. The minimum Gasteiger partial charge on any atom is -0.511 e. The van der Waals surface area contributed by atoms with Crippen molar-refractivity contribution in [3.63, 3.8) is 0 Å². The molecule has 0 saturated heterocycles. The van der Waals surface area contributed by atoms with Gasteiger partial charge in [-0.1, -0.05) is 78.1 Å². The Morgan fingerprint density at radius 2 is 1.25 bits per heavy atom. The molecule has 0 aliphatic heterocycles. The van der Waals surface area contributed by atoms with Gasteiger partial charge in [0.25, 0.3) is 0 Å². The predicted octanol–water partition coefficient (Wildman–Crippen LogP) is 6.09. The summed E-state index contributed by atoms with van der Waals surface area (Å²) in [6.07, 6.45) is 18.2. The van der Waals surface area contributed by atoms with Crippen molar-refractivity contribution in [2.24, 2.45) is 0 Å². The van der Waals surface area contributed by atoms with Gasteiger partial charge in [-0.2, -0.15) is 0 Å². The quantitative estimate of drug-likeness (QED) is 0.282. The topological polar surface area (TPSA) is 32.3 Å². The third-order valence-electron chi connectivity index (χ3n) is 3.73. The van der Waals surface area contributed by atoms with Gasteiger partial charge in [0, 0.05) is 19.2 Å². The van der Waals surface area contributed by atoms with Gasteiger partial charge in [0.2, 0.25) is 0 Å². The van der Waals surface area contributed by atoms with Crippen LogP contribution in [0.3, 0.4) is 0 Å². The minimum absolute atomic E-state index is 0.520. The molecule has 2 N–H and O–H groups in total. The van der Waals surface area contributed by atoms with Crippen molar-refractivity contribution in [3.8, 4) is 0 Å². The summed E-state index contributed by atoms with van der Waals surface area (Å²) in [4.78, 5) is 0. The molecule has 0 atom stereocenters. The van der Waals surface area contributed by atoms with Crippen LogP contribution in [0.25, 0.3) is 0 Å². The van der Waals surface area contributed by atoms with Crippen molar-refractivity contribution in [1.82, 2.24) is 5.32 Å². The van der Waals surface area contributed by atoms with Crippen molar-refractivity contribution in [1.29, 1.82) is 0 Å². The lowest BCUT2D eigenvalue weighted by atomic mass is 10.1. The number of aliphatic hydroxyl groups is 1. The molecule has 0 unspecified atom stereocenters. The number of hydrogen-bond donors (Lipinski definition) is 2. The summed E-state index contributed by atoms with van der Waals surface area (Å²) in [7, 11) is 0. The molecule has 0 aliphatic rings. The Morgan fingerprint density at radius 1 is 0.750 bits per heavy atom. The van der Waals surface area contributed by atoms with Gasteiger partial charge in [-0.05, 0) is 12.8 Å². The molecule has 0 amide bonds. The molecule has 0 aromatic rings. The lowest BCUT2D eigenvalue weighted by Gasteiger charge is -2.04. The smallest absolute Gasteiger partial charge is 0.108 e. The van der Waals surface area contributed by atoms with Crippen LogP contribution in [0.5, 0.6) is 0 Å². The first-order valence-corrected chi connectivity index (χ1v) is 8.92. The van der Waals surface area contributed by atoms with E-state index < -0.39 is 0 Å².